The molecule has 0 aliphatic carbocycles. The second kappa shape index (κ2) is 18.3. The van der Waals surface area contributed by atoms with Crippen molar-refractivity contribution in [3.63, 3.8) is 0 Å². The predicted molar refractivity (Wildman–Crippen MR) is 230 cm³/mol. The number of nitrogens with zero attached hydrogens (tertiary/aromatic N) is 4. The van der Waals surface area contributed by atoms with E-state index in [-0.39, 0.29) is 36.7 Å². The lowest BCUT2D eigenvalue weighted by Crippen LogP contribution is -2.41. The summed E-state index contributed by atoms with van der Waals surface area (Å²) in [4.78, 5) is 71.9. The Kier molecular flexibility index (Phi) is 12.4. The summed E-state index contributed by atoms with van der Waals surface area (Å²) >= 11 is 3.09. The van der Waals surface area contributed by atoms with Gasteiger partial charge < -0.3 is 40.6 Å². The highest BCUT2D eigenvalue weighted by molar-refractivity contribution is 7.10. The molecule has 14 nitrogen and oxygen atoms in total. The highest BCUT2D eigenvalue weighted by atomic mass is 32.1. The molecule has 0 saturated carbocycles. The van der Waals surface area contributed by atoms with Gasteiger partial charge in [-0.1, -0.05) is 60.7 Å². The van der Waals surface area contributed by atoms with Gasteiger partial charge in [-0.15, -0.1) is 22.7 Å². The lowest BCUT2D eigenvalue weighted by Gasteiger charge is -2.25. The zero-order valence-electron chi connectivity index (χ0n) is 32.8. The quantitative estimate of drug-likeness (QED) is 0.0596. The summed E-state index contributed by atoms with van der Waals surface area (Å²) < 4.78 is 0. The molecule has 4 atom stereocenters. The summed E-state index contributed by atoms with van der Waals surface area (Å²) in [6.45, 7) is 1.20. The number of carbonyl (C=O) groups excluding carboxylic acids is 2. The first-order chi connectivity index (χ1) is 29.2. The molecule has 2 aliphatic heterocycles. The number of hydrogen-bond donors (Lipinski definition) is 6. The maximum atomic E-state index is 13.5. The fraction of sp³-hybridized carbons (Fsp3) is 0.318. The number of carboxylic acid groups (broad SMARTS) is 2. The number of rotatable bonds is 15. The first-order valence-electron chi connectivity index (χ1n) is 20.1. The summed E-state index contributed by atoms with van der Waals surface area (Å²) in [5.41, 5.74) is 5.72. The Labute approximate surface area is 354 Å². The van der Waals surface area contributed by atoms with Gasteiger partial charge >= 0.3 is 12.2 Å². The maximum Gasteiger partial charge on any atom is 0.404 e. The van der Waals surface area contributed by atoms with Crippen LogP contribution in [0.1, 0.15) is 72.0 Å². The van der Waals surface area contributed by atoms with Gasteiger partial charge in [0.25, 0.3) is 0 Å². The van der Waals surface area contributed by atoms with Gasteiger partial charge in [0.05, 0.1) is 35.9 Å². The third-order valence-electron chi connectivity index (χ3n) is 11.2. The van der Waals surface area contributed by atoms with E-state index in [1.165, 1.54) is 0 Å². The smallest absolute Gasteiger partial charge is 0.404 e. The number of carbonyl (C=O) groups is 4. The van der Waals surface area contributed by atoms with Gasteiger partial charge in [0.15, 0.2) is 0 Å². The van der Waals surface area contributed by atoms with Crippen molar-refractivity contribution in [3.8, 4) is 33.6 Å². The Bertz CT molecular complexity index is 2230. The van der Waals surface area contributed by atoms with E-state index < -0.39 is 24.3 Å². The van der Waals surface area contributed by atoms with Crippen molar-refractivity contribution < 1.29 is 29.4 Å². The van der Waals surface area contributed by atoms with E-state index >= 15 is 0 Å². The molecule has 4 aromatic heterocycles. The molecule has 2 saturated heterocycles. The van der Waals surface area contributed by atoms with Crippen LogP contribution in [0.15, 0.2) is 96.0 Å². The summed E-state index contributed by atoms with van der Waals surface area (Å²) in [6.07, 6.45) is 5.64. The number of benzene rings is 2. The molecule has 0 bridgehead atoms. The summed E-state index contributed by atoms with van der Waals surface area (Å²) in [5.74, 6) is 1.25. The van der Waals surface area contributed by atoms with Gasteiger partial charge in [-0.25, -0.2) is 19.6 Å². The minimum atomic E-state index is -1.14. The number of imidazole rings is 2. The number of H-pyrrole nitrogens is 2. The van der Waals surface area contributed by atoms with Crippen molar-refractivity contribution in [1.29, 1.82) is 0 Å². The van der Waals surface area contributed by atoms with Crippen LogP contribution in [-0.4, -0.2) is 89.1 Å². The molecule has 0 spiro atoms. The summed E-state index contributed by atoms with van der Waals surface area (Å²) in [7, 11) is 0. The van der Waals surface area contributed by atoms with Crippen LogP contribution in [0.5, 0.6) is 0 Å². The van der Waals surface area contributed by atoms with E-state index in [0.29, 0.717) is 25.9 Å². The molecule has 310 valence electrons. The molecular weight excluding hydrogens is 801 g/mol. The van der Waals surface area contributed by atoms with Crippen LogP contribution in [0, 0.1) is 0 Å². The van der Waals surface area contributed by atoms with Crippen molar-refractivity contribution in [2.75, 3.05) is 13.1 Å². The van der Waals surface area contributed by atoms with Crippen LogP contribution in [-0.2, 0) is 22.4 Å². The van der Waals surface area contributed by atoms with Crippen molar-refractivity contribution in [3.05, 3.63) is 117 Å². The number of thiophene rings is 2. The monoisotopic (exact) mass is 846 g/mol. The second-order valence-corrected chi connectivity index (χ2v) is 17.3. The van der Waals surface area contributed by atoms with Crippen LogP contribution in [0.25, 0.3) is 33.6 Å². The number of hydrogen-bond acceptors (Lipinski definition) is 8. The molecule has 8 rings (SSSR count). The molecule has 0 radical (unpaired) electrons. The largest absolute Gasteiger partial charge is 0.465 e. The maximum absolute atomic E-state index is 13.5. The summed E-state index contributed by atoms with van der Waals surface area (Å²) in [5, 5.41) is 27.8. The SMILES string of the molecule is O=C(O)N[C@H](CC(=O)N1CCC[C@H]1c1ncc(-c2ccc(-c3ccc(-c4cnc([C@@H]5CCCN5C(=O)C[C@H](Cc5cccs5)NC(=O)O)[nH]4)cc3)cc2)[nH]1)Cc1cccs1. The lowest BCUT2D eigenvalue weighted by atomic mass is 10.0. The Hall–Kier alpha value is -6.26. The van der Waals surface area contributed by atoms with Gasteiger partial charge in [0.2, 0.25) is 11.8 Å². The van der Waals surface area contributed by atoms with Crippen LogP contribution in [0.2, 0.25) is 0 Å². The van der Waals surface area contributed by atoms with Crippen LogP contribution < -0.4 is 10.6 Å². The van der Waals surface area contributed by atoms with Crippen LogP contribution in [0.4, 0.5) is 9.59 Å². The molecule has 6 aromatic rings. The van der Waals surface area contributed by atoms with Gasteiger partial charge in [-0.3, -0.25) is 9.59 Å². The zero-order valence-corrected chi connectivity index (χ0v) is 34.4. The van der Waals surface area contributed by atoms with Gasteiger partial charge in [-0.2, -0.15) is 0 Å². The third-order valence-corrected chi connectivity index (χ3v) is 13.0. The van der Waals surface area contributed by atoms with Crippen LogP contribution >= 0.6 is 22.7 Å². The topological polar surface area (TPSA) is 197 Å². The van der Waals surface area contributed by atoms with Crippen molar-refractivity contribution in [1.82, 2.24) is 40.4 Å². The molecule has 6 heterocycles. The lowest BCUT2D eigenvalue weighted by molar-refractivity contribution is -0.133. The third kappa shape index (κ3) is 9.61. The van der Waals surface area contributed by atoms with E-state index in [4.69, 9.17) is 0 Å². The fourth-order valence-electron chi connectivity index (χ4n) is 8.39. The fourth-order valence-corrected chi connectivity index (χ4v) is 9.96. The molecule has 16 heteroatoms. The van der Waals surface area contributed by atoms with Crippen molar-refractivity contribution in [2.45, 2.75) is 75.5 Å². The standard InChI is InChI=1S/C44H46N8O6S2/c53-39(23-31(47-43(55)56)21-33-5-3-19-59-33)51-17-1-7-37(51)41-45-25-35(49-41)29-13-9-27(10-14-29)28-11-15-30(16-12-28)36-26-46-42(50-36)38-8-2-18-52(38)40(54)24-32(48-44(57)58)22-34-6-4-20-60-34/h3-6,9-16,19-20,25-26,31-32,37-38,47-48H,1-2,7-8,17-18,21-24H2,(H,45,49)(H,46,50)(H,55,56)(H,57,58)/t31-,32-,37-,38-/m0/s1. The Morgan fingerprint density at radius 3 is 1.40 bits per heavy atom. The van der Waals surface area contributed by atoms with E-state index in [9.17, 15) is 29.4 Å². The Balaban J connectivity index is 0.882. The first kappa shape index (κ1) is 40.5. The number of aromatic amines is 2. The minimum Gasteiger partial charge on any atom is -0.465 e. The molecular formula is C44H46N8O6S2. The molecule has 2 aliphatic rings. The van der Waals surface area contributed by atoms with Gasteiger partial charge in [0, 0.05) is 60.6 Å². The normalized spacial score (nSPS) is 17.4. The van der Waals surface area contributed by atoms with E-state index in [0.717, 1.165) is 80.7 Å². The number of likely N-dealkylation sites (tertiary alicyclic amines) is 2. The molecule has 0 unspecified atom stereocenters. The van der Waals surface area contributed by atoms with Gasteiger partial charge in [0.1, 0.15) is 11.6 Å². The van der Waals surface area contributed by atoms with Crippen molar-refractivity contribution >= 4 is 46.7 Å². The molecule has 2 aromatic carbocycles. The number of amides is 4. The van der Waals surface area contributed by atoms with Crippen molar-refractivity contribution in [2.24, 2.45) is 0 Å². The highest BCUT2D eigenvalue weighted by Crippen LogP contribution is 2.35. The average molecular weight is 847 g/mol. The predicted octanol–water partition coefficient (Wildman–Crippen LogP) is 8.12. The second-order valence-electron chi connectivity index (χ2n) is 15.3. The Morgan fingerprint density at radius 2 is 1.03 bits per heavy atom. The van der Waals surface area contributed by atoms with E-state index in [2.05, 4.69) is 54.8 Å². The van der Waals surface area contributed by atoms with Crippen LogP contribution in [0.3, 0.4) is 0 Å². The van der Waals surface area contributed by atoms with Gasteiger partial charge in [-0.05, 0) is 70.8 Å². The van der Waals surface area contributed by atoms with E-state index in [1.807, 2.05) is 69.1 Å². The first-order valence-corrected chi connectivity index (χ1v) is 21.9. The number of nitrogens with one attached hydrogen (secondary N) is 4. The zero-order chi connectivity index (χ0) is 41.6. The molecule has 2 fully saturated rings. The molecule has 6 N–H and O–H groups in total. The Morgan fingerprint density at radius 1 is 0.633 bits per heavy atom. The average Bonchev–Trinajstić information content (AvgIpc) is 4.09. The minimum absolute atomic E-state index is 0.0789. The molecule has 4 amide bonds. The number of aromatic nitrogens is 4. The summed E-state index contributed by atoms with van der Waals surface area (Å²) in [6, 6.07) is 22.7. The molecule has 60 heavy (non-hydrogen) atoms. The van der Waals surface area contributed by atoms with E-state index in [1.54, 1.807) is 35.1 Å². The highest BCUT2D eigenvalue weighted by Gasteiger charge is 2.35.